The summed E-state index contributed by atoms with van der Waals surface area (Å²) >= 11 is 5.11. The molecule has 21 heavy (non-hydrogen) atoms. The van der Waals surface area contributed by atoms with Crippen molar-refractivity contribution in [3.63, 3.8) is 0 Å². The summed E-state index contributed by atoms with van der Waals surface area (Å²) in [5, 5.41) is 3.61. The van der Waals surface area contributed by atoms with E-state index in [1.165, 1.54) is 5.56 Å². The Kier molecular flexibility index (Phi) is 4.24. The lowest BCUT2D eigenvalue weighted by Gasteiger charge is -2.30. The Morgan fingerprint density at radius 1 is 1.29 bits per heavy atom. The third kappa shape index (κ3) is 3.85. The maximum absolute atomic E-state index is 12.0. The molecule has 1 heterocycles. The van der Waals surface area contributed by atoms with Crippen LogP contribution in [0.1, 0.15) is 24.8 Å². The van der Waals surface area contributed by atoms with Crippen molar-refractivity contribution in [1.29, 1.82) is 0 Å². The number of hydrazine groups is 1. The fourth-order valence-electron chi connectivity index (χ4n) is 2.56. The van der Waals surface area contributed by atoms with Crippen LogP contribution in [0.15, 0.2) is 24.3 Å². The molecule has 0 bridgehead atoms. The van der Waals surface area contributed by atoms with Crippen molar-refractivity contribution >= 4 is 28.9 Å². The average Bonchev–Trinajstić information content (AvgIpc) is 3.29. The lowest BCUT2D eigenvalue weighted by molar-refractivity contribution is -0.120. The highest BCUT2D eigenvalue weighted by Crippen LogP contribution is 2.26. The Hall–Kier alpha value is -1.82. The van der Waals surface area contributed by atoms with Crippen LogP contribution in [0.4, 0.5) is 5.69 Å². The molecule has 0 atom stereocenters. The number of fused-ring (bicyclic) bond motifs is 1. The minimum absolute atomic E-state index is 0.0772. The summed E-state index contributed by atoms with van der Waals surface area (Å²) in [7, 11) is 0. The van der Waals surface area contributed by atoms with Gasteiger partial charge in [-0.1, -0.05) is 18.2 Å². The topological polar surface area (TPSA) is 56.4 Å². The number of benzene rings is 1. The van der Waals surface area contributed by atoms with Crippen LogP contribution in [-0.2, 0) is 11.2 Å². The molecule has 112 valence electrons. The molecule has 1 saturated carbocycles. The molecular formula is C15H20N4OS. The number of anilines is 1. The second-order valence-electron chi connectivity index (χ2n) is 5.57. The summed E-state index contributed by atoms with van der Waals surface area (Å²) in [5.74, 6) is -0.0772. The Labute approximate surface area is 130 Å². The molecule has 0 radical (unpaired) electrons. The van der Waals surface area contributed by atoms with Crippen LogP contribution in [0.5, 0.6) is 0 Å². The van der Waals surface area contributed by atoms with Crippen LogP contribution in [0, 0.1) is 0 Å². The van der Waals surface area contributed by atoms with Crippen molar-refractivity contribution in [3.8, 4) is 0 Å². The van der Waals surface area contributed by atoms with Crippen LogP contribution >= 0.6 is 12.2 Å². The molecule has 0 aromatic heterocycles. The quantitative estimate of drug-likeness (QED) is 0.577. The molecule has 1 amide bonds. The lowest BCUT2D eigenvalue weighted by Crippen LogP contribution is -2.50. The van der Waals surface area contributed by atoms with E-state index in [2.05, 4.69) is 33.2 Å². The van der Waals surface area contributed by atoms with E-state index in [4.69, 9.17) is 12.2 Å². The molecule has 6 heteroatoms. The van der Waals surface area contributed by atoms with E-state index in [0.717, 1.165) is 37.9 Å². The first kappa shape index (κ1) is 14.1. The average molecular weight is 304 g/mol. The van der Waals surface area contributed by atoms with Gasteiger partial charge in [0, 0.05) is 18.3 Å². The molecule has 1 aliphatic heterocycles. The van der Waals surface area contributed by atoms with E-state index in [-0.39, 0.29) is 5.91 Å². The molecule has 0 spiro atoms. The van der Waals surface area contributed by atoms with Gasteiger partial charge in [-0.05, 0) is 49.5 Å². The number of rotatable bonds is 3. The van der Waals surface area contributed by atoms with E-state index < -0.39 is 0 Å². The molecule has 3 N–H and O–H groups in total. The zero-order chi connectivity index (χ0) is 14.7. The maximum atomic E-state index is 12.0. The number of para-hydroxylation sites is 1. The molecule has 3 rings (SSSR count). The van der Waals surface area contributed by atoms with Crippen LogP contribution < -0.4 is 21.1 Å². The lowest BCUT2D eigenvalue weighted by atomic mass is 10.0. The number of thiocarbonyl (C=S) groups is 1. The molecular weight excluding hydrogens is 284 g/mol. The minimum Gasteiger partial charge on any atom is -0.362 e. The van der Waals surface area contributed by atoms with Crippen LogP contribution in [0.2, 0.25) is 0 Å². The first-order valence-electron chi connectivity index (χ1n) is 7.40. The van der Waals surface area contributed by atoms with Crippen LogP contribution in [0.25, 0.3) is 0 Å². The van der Waals surface area contributed by atoms with Gasteiger partial charge in [-0.25, -0.2) is 0 Å². The Morgan fingerprint density at radius 2 is 2.10 bits per heavy atom. The minimum atomic E-state index is -0.0772. The van der Waals surface area contributed by atoms with Gasteiger partial charge in [0.2, 0.25) is 0 Å². The summed E-state index contributed by atoms with van der Waals surface area (Å²) in [6.45, 7) is 1.26. The standard InChI is InChI=1S/C15H20N4OS/c20-14(17-18-15(21)16-12-7-8-12)10-19-9-3-5-11-4-1-2-6-13(11)19/h1-2,4,6,12H,3,5,7-10H2,(H,17,20)(H2,16,18,21). The highest BCUT2D eigenvalue weighted by atomic mass is 32.1. The normalized spacial score (nSPS) is 16.9. The van der Waals surface area contributed by atoms with E-state index in [9.17, 15) is 4.79 Å². The fourth-order valence-corrected chi connectivity index (χ4v) is 2.78. The maximum Gasteiger partial charge on any atom is 0.257 e. The summed E-state index contributed by atoms with van der Waals surface area (Å²) < 4.78 is 0. The SMILES string of the molecule is O=C(CN1CCCc2ccccc21)NNC(=S)NC1CC1. The van der Waals surface area contributed by atoms with Gasteiger partial charge in [-0.2, -0.15) is 0 Å². The van der Waals surface area contributed by atoms with E-state index in [1.54, 1.807) is 0 Å². The van der Waals surface area contributed by atoms with Crippen molar-refractivity contribution in [2.24, 2.45) is 0 Å². The van der Waals surface area contributed by atoms with Gasteiger partial charge in [0.05, 0.1) is 6.54 Å². The predicted octanol–water partition coefficient (Wildman–Crippen LogP) is 1.10. The van der Waals surface area contributed by atoms with E-state index in [1.807, 2.05) is 12.1 Å². The van der Waals surface area contributed by atoms with Gasteiger partial charge >= 0.3 is 0 Å². The molecule has 0 unspecified atom stereocenters. The van der Waals surface area contributed by atoms with Crippen molar-refractivity contribution in [1.82, 2.24) is 16.2 Å². The highest BCUT2D eigenvalue weighted by Gasteiger charge is 2.22. The smallest absolute Gasteiger partial charge is 0.257 e. The number of nitrogens with one attached hydrogen (secondary N) is 3. The summed E-state index contributed by atoms with van der Waals surface area (Å²) in [5.41, 5.74) is 7.90. The molecule has 5 nitrogen and oxygen atoms in total. The number of amides is 1. The molecule has 1 aliphatic carbocycles. The predicted molar refractivity (Wildman–Crippen MR) is 87.0 cm³/mol. The summed E-state index contributed by atoms with van der Waals surface area (Å²) in [6.07, 6.45) is 4.47. The van der Waals surface area contributed by atoms with Gasteiger partial charge in [0.15, 0.2) is 5.11 Å². The molecule has 2 aliphatic rings. The third-order valence-electron chi connectivity index (χ3n) is 3.77. The second kappa shape index (κ2) is 6.30. The van der Waals surface area contributed by atoms with Gasteiger partial charge in [0.25, 0.3) is 5.91 Å². The highest BCUT2D eigenvalue weighted by molar-refractivity contribution is 7.80. The largest absolute Gasteiger partial charge is 0.362 e. The number of carbonyl (C=O) groups is 1. The molecule has 1 aromatic carbocycles. The van der Waals surface area contributed by atoms with Gasteiger partial charge in [-0.15, -0.1) is 0 Å². The van der Waals surface area contributed by atoms with Gasteiger partial charge in [-0.3, -0.25) is 15.6 Å². The Morgan fingerprint density at radius 3 is 2.90 bits per heavy atom. The number of carbonyl (C=O) groups excluding carboxylic acids is 1. The fraction of sp³-hybridized carbons (Fsp3) is 0.467. The number of aryl methyl sites for hydroxylation is 1. The number of nitrogens with zero attached hydrogens (tertiary/aromatic N) is 1. The first-order chi connectivity index (χ1) is 10.2. The first-order valence-corrected chi connectivity index (χ1v) is 7.81. The zero-order valence-electron chi connectivity index (χ0n) is 11.9. The molecule has 1 fully saturated rings. The van der Waals surface area contributed by atoms with Crippen LogP contribution in [-0.4, -0.2) is 30.2 Å². The zero-order valence-corrected chi connectivity index (χ0v) is 12.7. The van der Waals surface area contributed by atoms with E-state index in [0.29, 0.717) is 17.7 Å². The molecule has 0 saturated heterocycles. The summed E-state index contributed by atoms with van der Waals surface area (Å²) in [6, 6.07) is 8.75. The second-order valence-corrected chi connectivity index (χ2v) is 5.98. The van der Waals surface area contributed by atoms with Gasteiger partial charge in [0.1, 0.15) is 0 Å². The number of hydrogen-bond donors (Lipinski definition) is 3. The van der Waals surface area contributed by atoms with Crippen molar-refractivity contribution in [2.45, 2.75) is 31.7 Å². The number of hydrogen-bond acceptors (Lipinski definition) is 3. The molecule has 1 aromatic rings. The third-order valence-corrected chi connectivity index (χ3v) is 3.99. The van der Waals surface area contributed by atoms with E-state index >= 15 is 0 Å². The summed E-state index contributed by atoms with van der Waals surface area (Å²) in [4.78, 5) is 14.1. The van der Waals surface area contributed by atoms with Crippen molar-refractivity contribution in [3.05, 3.63) is 29.8 Å². The Bertz CT molecular complexity index is 544. The monoisotopic (exact) mass is 304 g/mol. The van der Waals surface area contributed by atoms with Crippen molar-refractivity contribution < 1.29 is 4.79 Å². The van der Waals surface area contributed by atoms with Crippen molar-refractivity contribution in [2.75, 3.05) is 18.0 Å². The Balaban J connectivity index is 1.49. The van der Waals surface area contributed by atoms with Gasteiger partial charge < -0.3 is 10.2 Å². The van der Waals surface area contributed by atoms with Crippen LogP contribution in [0.3, 0.4) is 0 Å².